The number of likely N-dealkylation sites (N-methyl/N-ethyl adjacent to an activating group) is 1. The Morgan fingerprint density at radius 3 is 2.61 bits per heavy atom. The van der Waals surface area contributed by atoms with Crippen molar-refractivity contribution in [3.05, 3.63) is 42.5 Å². The number of rotatable bonds is 5. The third kappa shape index (κ3) is 3.13. The van der Waals surface area contributed by atoms with E-state index in [1.54, 1.807) is 30.1 Å². The van der Waals surface area contributed by atoms with Crippen LogP contribution in [-0.2, 0) is 0 Å². The highest BCUT2D eigenvalue weighted by Crippen LogP contribution is 2.32. The van der Waals surface area contributed by atoms with Crippen molar-refractivity contribution in [1.29, 1.82) is 0 Å². The molecule has 0 spiro atoms. The fourth-order valence-electron chi connectivity index (χ4n) is 2.36. The van der Waals surface area contributed by atoms with Crippen LogP contribution >= 0.6 is 11.3 Å². The second kappa shape index (κ2) is 6.52. The number of hydrogen-bond acceptors (Lipinski definition) is 5. The summed E-state index contributed by atoms with van der Waals surface area (Å²) in [4.78, 5) is 6.28. The van der Waals surface area contributed by atoms with Gasteiger partial charge in [-0.25, -0.2) is 9.37 Å². The SMILES string of the molecule is CN(c1ccc(-c2nc3ccc(O)cc3s2)cc1)C(CO)CF. The Morgan fingerprint density at radius 2 is 1.96 bits per heavy atom. The Kier molecular flexibility index (Phi) is 4.45. The fourth-order valence-corrected chi connectivity index (χ4v) is 3.37. The second-order valence-electron chi connectivity index (χ2n) is 5.32. The minimum atomic E-state index is -0.601. The van der Waals surface area contributed by atoms with Crippen LogP contribution in [0.2, 0.25) is 0 Å². The third-order valence-electron chi connectivity index (χ3n) is 3.83. The van der Waals surface area contributed by atoms with Gasteiger partial charge in [-0.05, 0) is 42.5 Å². The highest BCUT2D eigenvalue weighted by Gasteiger charge is 2.14. The highest BCUT2D eigenvalue weighted by atomic mass is 32.1. The number of aliphatic hydroxyl groups excluding tert-OH is 1. The second-order valence-corrected chi connectivity index (χ2v) is 6.35. The largest absolute Gasteiger partial charge is 0.508 e. The van der Waals surface area contributed by atoms with E-state index in [0.29, 0.717) is 0 Å². The molecule has 2 N–H and O–H groups in total. The summed E-state index contributed by atoms with van der Waals surface area (Å²) < 4.78 is 13.8. The van der Waals surface area contributed by atoms with Gasteiger partial charge in [-0.15, -0.1) is 11.3 Å². The van der Waals surface area contributed by atoms with Gasteiger partial charge in [0.1, 0.15) is 17.4 Å². The quantitative estimate of drug-likeness (QED) is 0.751. The Labute approximate surface area is 137 Å². The first kappa shape index (κ1) is 15.7. The van der Waals surface area contributed by atoms with Crippen molar-refractivity contribution in [2.24, 2.45) is 0 Å². The van der Waals surface area contributed by atoms with Gasteiger partial charge in [0.05, 0.1) is 22.9 Å². The van der Waals surface area contributed by atoms with Gasteiger partial charge in [-0.2, -0.15) is 0 Å². The number of anilines is 1. The predicted octanol–water partition coefficient (Wildman–Crippen LogP) is 3.44. The van der Waals surface area contributed by atoms with E-state index in [1.807, 2.05) is 24.3 Å². The molecule has 6 heteroatoms. The molecule has 0 saturated carbocycles. The Hall–Kier alpha value is -2.18. The maximum absolute atomic E-state index is 12.9. The van der Waals surface area contributed by atoms with Crippen molar-refractivity contribution in [2.75, 3.05) is 25.2 Å². The molecule has 1 unspecified atom stereocenters. The Morgan fingerprint density at radius 1 is 1.22 bits per heavy atom. The van der Waals surface area contributed by atoms with Crippen LogP contribution in [0.25, 0.3) is 20.8 Å². The number of phenols is 1. The average Bonchev–Trinajstić information content (AvgIpc) is 2.99. The molecule has 0 radical (unpaired) electrons. The minimum absolute atomic E-state index is 0.226. The van der Waals surface area contributed by atoms with Crippen LogP contribution in [0.1, 0.15) is 0 Å². The van der Waals surface area contributed by atoms with E-state index in [-0.39, 0.29) is 12.4 Å². The van der Waals surface area contributed by atoms with Crippen LogP contribution in [0.3, 0.4) is 0 Å². The summed E-state index contributed by atoms with van der Waals surface area (Å²) >= 11 is 1.51. The zero-order valence-electron chi connectivity index (χ0n) is 12.6. The van der Waals surface area contributed by atoms with E-state index in [0.717, 1.165) is 26.5 Å². The molecule has 4 nitrogen and oxygen atoms in total. The lowest BCUT2D eigenvalue weighted by atomic mass is 10.2. The number of hydrogen-bond donors (Lipinski definition) is 2. The van der Waals surface area contributed by atoms with Gasteiger partial charge in [0.25, 0.3) is 0 Å². The van der Waals surface area contributed by atoms with Gasteiger partial charge in [0.15, 0.2) is 0 Å². The van der Waals surface area contributed by atoms with Gasteiger partial charge in [0.2, 0.25) is 0 Å². The number of nitrogens with zero attached hydrogens (tertiary/aromatic N) is 2. The van der Waals surface area contributed by atoms with E-state index >= 15 is 0 Å². The van der Waals surface area contributed by atoms with E-state index in [2.05, 4.69) is 4.98 Å². The standard InChI is InChI=1S/C17H17FN2O2S/c1-20(13(9-18)10-21)12-4-2-11(3-5-12)17-19-15-7-6-14(22)8-16(15)23-17/h2-8,13,21-22H,9-10H2,1H3. The van der Waals surface area contributed by atoms with Crippen LogP contribution in [0.5, 0.6) is 5.75 Å². The molecule has 3 rings (SSSR count). The highest BCUT2D eigenvalue weighted by molar-refractivity contribution is 7.21. The maximum Gasteiger partial charge on any atom is 0.124 e. The fraction of sp³-hybridized carbons (Fsp3) is 0.235. The van der Waals surface area contributed by atoms with Crippen LogP contribution in [0, 0.1) is 0 Å². The topological polar surface area (TPSA) is 56.6 Å². The molecule has 0 fully saturated rings. The van der Waals surface area contributed by atoms with Gasteiger partial charge < -0.3 is 15.1 Å². The molecule has 0 aliphatic heterocycles. The smallest absolute Gasteiger partial charge is 0.124 e. The van der Waals surface area contributed by atoms with Crippen molar-refractivity contribution in [3.8, 4) is 16.3 Å². The van der Waals surface area contributed by atoms with Crippen LogP contribution in [0.4, 0.5) is 10.1 Å². The number of aromatic nitrogens is 1. The summed E-state index contributed by atoms with van der Waals surface area (Å²) in [6.07, 6.45) is 0. The summed E-state index contributed by atoms with van der Waals surface area (Å²) in [7, 11) is 1.76. The van der Waals surface area contributed by atoms with Gasteiger partial charge in [-0.1, -0.05) is 0 Å². The molecule has 0 bridgehead atoms. The number of halogens is 1. The molecule has 0 aliphatic rings. The normalized spacial score (nSPS) is 12.5. The van der Waals surface area contributed by atoms with Crippen LogP contribution in [0.15, 0.2) is 42.5 Å². The zero-order valence-corrected chi connectivity index (χ0v) is 13.4. The summed E-state index contributed by atoms with van der Waals surface area (Å²) in [6, 6.07) is 12.2. The maximum atomic E-state index is 12.9. The Bertz CT molecular complexity index is 800. The molecule has 0 amide bonds. The molecular formula is C17H17FN2O2S. The summed E-state index contributed by atoms with van der Waals surface area (Å²) in [5.41, 5.74) is 2.65. The monoisotopic (exact) mass is 332 g/mol. The van der Waals surface area contributed by atoms with E-state index < -0.39 is 12.7 Å². The van der Waals surface area contributed by atoms with Crippen molar-refractivity contribution < 1.29 is 14.6 Å². The van der Waals surface area contributed by atoms with E-state index in [1.165, 1.54) is 11.3 Å². The van der Waals surface area contributed by atoms with Gasteiger partial charge in [-0.3, -0.25) is 0 Å². The van der Waals surface area contributed by atoms with E-state index in [9.17, 15) is 14.6 Å². The van der Waals surface area contributed by atoms with Crippen molar-refractivity contribution in [1.82, 2.24) is 4.98 Å². The number of aromatic hydroxyl groups is 1. The first-order valence-electron chi connectivity index (χ1n) is 7.22. The molecule has 1 atom stereocenters. The average molecular weight is 332 g/mol. The molecule has 1 aromatic heterocycles. The molecule has 1 heterocycles. The number of benzene rings is 2. The molecule has 2 aromatic carbocycles. The number of fused-ring (bicyclic) bond motifs is 1. The predicted molar refractivity (Wildman–Crippen MR) is 92.0 cm³/mol. The first-order chi connectivity index (χ1) is 11.1. The number of aliphatic hydroxyl groups is 1. The van der Waals surface area contributed by atoms with Crippen LogP contribution in [-0.4, -0.2) is 41.6 Å². The van der Waals surface area contributed by atoms with Gasteiger partial charge in [0, 0.05) is 18.3 Å². The molecule has 3 aromatic rings. The van der Waals surface area contributed by atoms with Gasteiger partial charge >= 0.3 is 0 Å². The van der Waals surface area contributed by atoms with Crippen LogP contribution < -0.4 is 4.90 Å². The van der Waals surface area contributed by atoms with Crippen molar-refractivity contribution in [2.45, 2.75) is 6.04 Å². The number of phenolic OH excluding ortho intramolecular Hbond substituents is 1. The van der Waals surface area contributed by atoms with E-state index in [4.69, 9.17) is 0 Å². The number of thiazole rings is 1. The molecule has 0 saturated heterocycles. The zero-order chi connectivity index (χ0) is 16.4. The molecule has 120 valence electrons. The minimum Gasteiger partial charge on any atom is -0.508 e. The summed E-state index contributed by atoms with van der Waals surface area (Å²) in [5, 5.41) is 19.6. The number of alkyl halides is 1. The molecule has 0 aliphatic carbocycles. The van der Waals surface area contributed by atoms with Crippen molar-refractivity contribution >= 4 is 27.2 Å². The molecule has 23 heavy (non-hydrogen) atoms. The Balaban J connectivity index is 1.88. The summed E-state index contributed by atoms with van der Waals surface area (Å²) in [6.45, 7) is -0.827. The first-order valence-corrected chi connectivity index (χ1v) is 8.03. The lowest BCUT2D eigenvalue weighted by Crippen LogP contribution is -2.36. The lowest BCUT2D eigenvalue weighted by molar-refractivity contribution is 0.238. The third-order valence-corrected chi connectivity index (χ3v) is 4.90. The lowest BCUT2D eigenvalue weighted by Gasteiger charge is -2.26. The molecular weight excluding hydrogens is 315 g/mol. The summed E-state index contributed by atoms with van der Waals surface area (Å²) in [5.74, 6) is 0.228. The van der Waals surface area contributed by atoms with Crippen molar-refractivity contribution in [3.63, 3.8) is 0 Å².